The molecule has 3 nitrogen and oxygen atoms in total. The number of hydrogen-bond acceptors (Lipinski definition) is 3. The van der Waals surface area contributed by atoms with Gasteiger partial charge in [0.05, 0.1) is 12.2 Å². The summed E-state index contributed by atoms with van der Waals surface area (Å²) in [6, 6.07) is 4.36. The fraction of sp³-hybridized carbons (Fsp3) is 0.455. The van der Waals surface area contributed by atoms with Gasteiger partial charge < -0.3 is 15.6 Å². The Labute approximate surface area is 88.7 Å². The molecule has 0 saturated carbocycles. The molecule has 1 unspecified atom stereocenters. The van der Waals surface area contributed by atoms with Crippen LogP contribution in [0.1, 0.15) is 25.5 Å². The van der Waals surface area contributed by atoms with Gasteiger partial charge in [-0.1, -0.05) is 6.07 Å². The summed E-state index contributed by atoms with van der Waals surface area (Å²) in [5.41, 5.74) is 5.73. The van der Waals surface area contributed by atoms with Crippen LogP contribution in [0.15, 0.2) is 18.2 Å². The van der Waals surface area contributed by atoms with E-state index in [9.17, 15) is 9.50 Å². The number of ether oxygens (including phenoxy) is 1. The monoisotopic (exact) mass is 213 g/mol. The predicted octanol–water partition coefficient (Wildman–Crippen LogP) is 1.60. The van der Waals surface area contributed by atoms with Crippen LogP contribution in [0.25, 0.3) is 0 Å². The maximum absolute atomic E-state index is 13.4. The Kier molecular flexibility index (Phi) is 4.05. The van der Waals surface area contributed by atoms with E-state index in [1.54, 1.807) is 6.07 Å². The molecule has 0 saturated heterocycles. The van der Waals surface area contributed by atoms with Crippen LogP contribution in [0.4, 0.5) is 4.39 Å². The molecule has 1 atom stereocenters. The fourth-order valence-corrected chi connectivity index (χ4v) is 1.21. The summed E-state index contributed by atoms with van der Waals surface area (Å²) >= 11 is 0. The van der Waals surface area contributed by atoms with E-state index >= 15 is 0 Å². The second-order valence-electron chi connectivity index (χ2n) is 3.61. The lowest BCUT2D eigenvalue weighted by Crippen LogP contribution is -2.12. The number of hydrogen-bond donors (Lipinski definition) is 2. The predicted molar refractivity (Wildman–Crippen MR) is 56.2 cm³/mol. The van der Waals surface area contributed by atoms with Gasteiger partial charge in [-0.3, -0.25) is 0 Å². The summed E-state index contributed by atoms with van der Waals surface area (Å²) in [5, 5.41) is 9.39. The van der Waals surface area contributed by atoms with Gasteiger partial charge in [0.25, 0.3) is 0 Å². The van der Waals surface area contributed by atoms with Gasteiger partial charge in [-0.25, -0.2) is 4.39 Å². The molecule has 3 N–H and O–H groups in total. The van der Waals surface area contributed by atoms with Gasteiger partial charge in [-0.15, -0.1) is 0 Å². The van der Waals surface area contributed by atoms with E-state index in [0.29, 0.717) is 5.56 Å². The molecule has 0 spiro atoms. The highest BCUT2D eigenvalue weighted by molar-refractivity contribution is 5.30. The van der Waals surface area contributed by atoms with Crippen LogP contribution in [-0.4, -0.2) is 17.8 Å². The van der Waals surface area contributed by atoms with Crippen molar-refractivity contribution in [1.82, 2.24) is 0 Å². The quantitative estimate of drug-likeness (QED) is 0.798. The average Bonchev–Trinajstić information content (AvgIpc) is 2.19. The second kappa shape index (κ2) is 5.09. The summed E-state index contributed by atoms with van der Waals surface area (Å²) in [6.07, 6.45) is -0.905. The lowest BCUT2D eigenvalue weighted by molar-refractivity contribution is 0.185. The van der Waals surface area contributed by atoms with E-state index in [4.69, 9.17) is 10.5 Å². The molecule has 15 heavy (non-hydrogen) atoms. The maximum Gasteiger partial charge on any atom is 0.165 e. The molecule has 0 radical (unpaired) electrons. The van der Waals surface area contributed by atoms with E-state index in [1.807, 2.05) is 13.8 Å². The van der Waals surface area contributed by atoms with Crippen LogP contribution >= 0.6 is 0 Å². The van der Waals surface area contributed by atoms with Gasteiger partial charge in [-0.2, -0.15) is 0 Å². The van der Waals surface area contributed by atoms with Gasteiger partial charge in [0, 0.05) is 6.54 Å². The van der Waals surface area contributed by atoms with E-state index < -0.39 is 11.9 Å². The van der Waals surface area contributed by atoms with Crippen molar-refractivity contribution in [2.24, 2.45) is 5.73 Å². The van der Waals surface area contributed by atoms with Crippen molar-refractivity contribution in [3.05, 3.63) is 29.6 Å². The lowest BCUT2D eigenvalue weighted by atomic mass is 10.1. The molecule has 1 aromatic carbocycles. The number of rotatable bonds is 4. The molecule has 1 aromatic rings. The molecule has 0 bridgehead atoms. The van der Waals surface area contributed by atoms with Crippen molar-refractivity contribution in [2.75, 3.05) is 6.54 Å². The van der Waals surface area contributed by atoms with Crippen LogP contribution in [-0.2, 0) is 0 Å². The Morgan fingerprint density at radius 3 is 2.60 bits per heavy atom. The molecule has 0 aliphatic rings. The summed E-state index contributed by atoms with van der Waals surface area (Å²) in [5.74, 6) is -0.285. The third-order valence-electron chi connectivity index (χ3n) is 1.93. The van der Waals surface area contributed by atoms with Crippen molar-refractivity contribution in [3.8, 4) is 5.75 Å². The second-order valence-corrected chi connectivity index (χ2v) is 3.61. The zero-order valence-corrected chi connectivity index (χ0v) is 8.90. The minimum Gasteiger partial charge on any atom is -0.488 e. The standard InChI is InChI=1S/C11H16FNO2/c1-7(2)15-11-4-3-8(5-9(11)12)10(14)6-13/h3-5,7,10,14H,6,13H2,1-2H3. The highest BCUT2D eigenvalue weighted by atomic mass is 19.1. The highest BCUT2D eigenvalue weighted by Gasteiger charge is 2.10. The maximum atomic E-state index is 13.4. The molecule has 0 aliphatic carbocycles. The number of aliphatic hydroxyl groups excluding tert-OH is 1. The van der Waals surface area contributed by atoms with E-state index in [0.717, 1.165) is 0 Å². The Hall–Kier alpha value is -1.13. The fourth-order valence-electron chi connectivity index (χ4n) is 1.21. The van der Waals surface area contributed by atoms with Crippen LogP contribution in [0, 0.1) is 5.82 Å². The first kappa shape index (κ1) is 11.9. The largest absolute Gasteiger partial charge is 0.488 e. The van der Waals surface area contributed by atoms with Gasteiger partial charge in [0.15, 0.2) is 11.6 Å². The summed E-state index contributed by atoms with van der Waals surface area (Å²) in [7, 11) is 0. The Bertz CT molecular complexity index is 328. The highest BCUT2D eigenvalue weighted by Crippen LogP contribution is 2.22. The summed E-state index contributed by atoms with van der Waals surface area (Å²) < 4.78 is 18.7. The number of nitrogens with two attached hydrogens (primary N) is 1. The van der Waals surface area contributed by atoms with Crippen molar-refractivity contribution >= 4 is 0 Å². The SMILES string of the molecule is CC(C)Oc1ccc(C(O)CN)cc1F. The Morgan fingerprint density at radius 1 is 1.47 bits per heavy atom. The minimum atomic E-state index is -0.826. The topological polar surface area (TPSA) is 55.5 Å². The third kappa shape index (κ3) is 3.18. The molecule has 0 aliphatic heterocycles. The zero-order chi connectivity index (χ0) is 11.4. The van der Waals surface area contributed by atoms with Gasteiger partial charge >= 0.3 is 0 Å². The van der Waals surface area contributed by atoms with E-state index in [2.05, 4.69) is 0 Å². The first-order chi connectivity index (χ1) is 7.04. The van der Waals surface area contributed by atoms with Crippen molar-refractivity contribution < 1.29 is 14.2 Å². The molecule has 84 valence electrons. The molecule has 0 fully saturated rings. The summed E-state index contributed by atoms with van der Waals surface area (Å²) in [6.45, 7) is 3.72. The lowest BCUT2D eigenvalue weighted by Gasteiger charge is -2.13. The van der Waals surface area contributed by atoms with E-state index in [1.165, 1.54) is 12.1 Å². The third-order valence-corrected chi connectivity index (χ3v) is 1.93. The van der Waals surface area contributed by atoms with Gasteiger partial charge in [0.2, 0.25) is 0 Å². The number of aliphatic hydroxyl groups is 1. The molecule has 1 rings (SSSR count). The molecular formula is C11H16FNO2. The first-order valence-corrected chi connectivity index (χ1v) is 4.88. The number of benzene rings is 1. The molecule has 0 aromatic heterocycles. The van der Waals surface area contributed by atoms with Crippen LogP contribution < -0.4 is 10.5 Å². The van der Waals surface area contributed by atoms with Crippen LogP contribution in [0.5, 0.6) is 5.75 Å². The van der Waals surface area contributed by atoms with Crippen molar-refractivity contribution in [3.63, 3.8) is 0 Å². The van der Waals surface area contributed by atoms with Crippen LogP contribution in [0.2, 0.25) is 0 Å². The Balaban J connectivity index is 2.88. The molecule has 4 heteroatoms. The minimum absolute atomic E-state index is 0.0732. The van der Waals surface area contributed by atoms with Gasteiger partial charge in [-0.05, 0) is 31.5 Å². The smallest absolute Gasteiger partial charge is 0.165 e. The van der Waals surface area contributed by atoms with Crippen molar-refractivity contribution in [1.29, 1.82) is 0 Å². The molecule has 0 amide bonds. The number of halogens is 1. The normalized spacial score (nSPS) is 12.9. The van der Waals surface area contributed by atoms with Gasteiger partial charge in [0.1, 0.15) is 0 Å². The molecular weight excluding hydrogens is 197 g/mol. The van der Waals surface area contributed by atoms with E-state index in [-0.39, 0.29) is 18.4 Å². The average molecular weight is 213 g/mol. The zero-order valence-electron chi connectivity index (χ0n) is 8.90. The van der Waals surface area contributed by atoms with Crippen molar-refractivity contribution in [2.45, 2.75) is 26.1 Å². The van der Waals surface area contributed by atoms with Crippen LogP contribution in [0.3, 0.4) is 0 Å². The first-order valence-electron chi connectivity index (χ1n) is 4.88. The molecule has 0 heterocycles. The summed E-state index contributed by atoms with van der Waals surface area (Å²) in [4.78, 5) is 0. The Morgan fingerprint density at radius 2 is 2.13 bits per heavy atom.